The van der Waals surface area contributed by atoms with E-state index in [0.717, 1.165) is 23.1 Å². The number of benzene rings is 1. The number of anilines is 1. The monoisotopic (exact) mass is 408 g/mol. The summed E-state index contributed by atoms with van der Waals surface area (Å²) in [4.78, 5) is 0. The Labute approximate surface area is 159 Å². The highest BCUT2D eigenvalue weighted by Crippen LogP contribution is 2.28. The maximum absolute atomic E-state index is 4.61. The highest BCUT2D eigenvalue weighted by atomic mass is 79.9. The van der Waals surface area contributed by atoms with E-state index >= 15 is 0 Å². The summed E-state index contributed by atoms with van der Waals surface area (Å²) in [7, 11) is 8.01. The Morgan fingerprint density at radius 1 is 1.28 bits per heavy atom. The summed E-state index contributed by atoms with van der Waals surface area (Å²) in [5.41, 5.74) is 1.81. The van der Waals surface area contributed by atoms with Crippen LogP contribution in [0.4, 0.5) is 5.69 Å². The van der Waals surface area contributed by atoms with E-state index in [2.05, 4.69) is 68.6 Å². The van der Waals surface area contributed by atoms with Gasteiger partial charge in [0, 0.05) is 50.9 Å². The molecule has 0 radical (unpaired) electrons. The van der Waals surface area contributed by atoms with Crippen LogP contribution in [0.2, 0.25) is 0 Å². The number of para-hydroxylation sites is 1. The van der Waals surface area contributed by atoms with Crippen molar-refractivity contribution in [1.29, 1.82) is 0 Å². The van der Waals surface area contributed by atoms with Gasteiger partial charge in [-0.3, -0.25) is 5.01 Å². The lowest BCUT2D eigenvalue weighted by molar-refractivity contribution is -0.0229. The van der Waals surface area contributed by atoms with Crippen LogP contribution in [-0.2, 0) is 0 Å². The van der Waals surface area contributed by atoms with Crippen molar-refractivity contribution >= 4 is 21.6 Å². The molecule has 2 rings (SSSR count). The fourth-order valence-corrected chi connectivity index (χ4v) is 3.23. The van der Waals surface area contributed by atoms with Crippen molar-refractivity contribution in [1.82, 2.24) is 15.0 Å². The largest absolute Gasteiger partial charge is 0.378 e. The fourth-order valence-electron chi connectivity index (χ4n) is 2.83. The molecule has 2 atom stereocenters. The first-order valence-corrected chi connectivity index (χ1v) is 9.27. The second kappa shape index (κ2) is 8.29. The van der Waals surface area contributed by atoms with Gasteiger partial charge in [-0.25, -0.2) is 10.0 Å². The number of likely N-dealkylation sites (N-methyl/N-ethyl adjacent to an activating group) is 1. The smallest absolute Gasteiger partial charge is 0.164 e. The lowest BCUT2D eigenvalue weighted by atomic mass is 10.00. The van der Waals surface area contributed by atoms with Crippen LogP contribution in [0.5, 0.6) is 0 Å². The molecule has 0 saturated heterocycles. The van der Waals surface area contributed by atoms with Gasteiger partial charge in [0.15, 0.2) is 5.66 Å². The zero-order valence-corrected chi connectivity index (χ0v) is 17.6. The molecule has 1 aliphatic rings. The number of nitrogens with one attached hydrogen (secondary N) is 1. The molecule has 0 bridgehead atoms. The van der Waals surface area contributed by atoms with Crippen molar-refractivity contribution in [2.45, 2.75) is 32.0 Å². The van der Waals surface area contributed by atoms with E-state index < -0.39 is 5.66 Å². The number of hydrogen-bond donors (Lipinski definition) is 1. The molecule has 25 heavy (non-hydrogen) atoms. The van der Waals surface area contributed by atoms with E-state index in [0.29, 0.717) is 0 Å². The van der Waals surface area contributed by atoms with Crippen LogP contribution in [0, 0.1) is 0 Å². The number of rotatable bonds is 4. The maximum atomic E-state index is 4.61. The third kappa shape index (κ3) is 5.03. The molecule has 6 nitrogen and oxygen atoms in total. The normalized spacial score (nSPS) is 28.1. The topological polar surface area (TPSA) is 46.5 Å². The molecule has 0 spiro atoms. The third-order valence-corrected chi connectivity index (χ3v) is 5.34. The summed E-state index contributed by atoms with van der Waals surface area (Å²) < 4.78 is 1.07. The molecule has 1 heterocycles. The van der Waals surface area contributed by atoms with E-state index in [1.807, 2.05) is 50.3 Å². The van der Waals surface area contributed by atoms with E-state index in [-0.39, 0.29) is 6.04 Å². The van der Waals surface area contributed by atoms with Crippen molar-refractivity contribution in [3.8, 4) is 0 Å². The minimum Gasteiger partial charge on any atom is -0.378 e. The van der Waals surface area contributed by atoms with Gasteiger partial charge in [-0.15, -0.1) is 5.11 Å². The van der Waals surface area contributed by atoms with Gasteiger partial charge in [0.2, 0.25) is 0 Å². The minimum absolute atomic E-state index is 0.208. The standard InChI is InChI=1S/C18H29BrN6/c1-14-13-18(2,25(6)23(3)4)21-22-24(5)12-11-16(14)20-17-10-8-7-9-15(17)19/h7-10,13,16,20H,11-12H2,1-6H3/b14-13+,22-21-. The Hall–Kier alpha value is -1.44. The summed E-state index contributed by atoms with van der Waals surface area (Å²) in [6.07, 6.45) is 3.14. The molecule has 1 aromatic carbocycles. The number of hydrazine groups is 1. The molecule has 0 amide bonds. The Kier molecular flexibility index (Phi) is 6.59. The van der Waals surface area contributed by atoms with Crippen molar-refractivity contribution in [2.75, 3.05) is 40.1 Å². The van der Waals surface area contributed by atoms with Crippen molar-refractivity contribution in [3.05, 3.63) is 40.4 Å². The first kappa shape index (κ1) is 19.9. The highest BCUT2D eigenvalue weighted by Gasteiger charge is 2.31. The Balaban J connectivity index is 2.36. The lowest BCUT2D eigenvalue weighted by Crippen LogP contribution is -2.48. The van der Waals surface area contributed by atoms with E-state index in [9.17, 15) is 0 Å². The summed E-state index contributed by atoms with van der Waals surface area (Å²) in [5.74, 6) is 0. The van der Waals surface area contributed by atoms with Gasteiger partial charge in [-0.05, 0) is 54.4 Å². The average Bonchev–Trinajstić information content (AvgIpc) is 2.61. The molecular weight excluding hydrogens is 380 g/mol. The molecule has 2 unspecified atom stereocenters. The van der Waals surface area contributed by atoms with Crippen molar-refractivity contribution in [3.63, 3.8) is 0 Å². The van der Waals surface area contributed by atoms with Gasteiger partial charge in [0.25, 0.3) is 0 Å². The zero-order chi connectivity index (χ0) is 18.6. The molecule has 7 heteroatoms. The maximum Gasteiger partial charge on any atom is 0.164 e. The SMILES string of the molecule is C/C1=C\C(C)(N(C)N(C)C)/N=N\N(C)CCC1Nc1ccccc1Br. The van der Waals surface area contributed by atoms with Crippen LogP contribution in [0.3, 0.4) is 0 Å². The van der Waals surface area contributed by atoms with Gasteiger partial charge in [-0.1, -0.05) is 22.9 Å². The molecule has 0 aromatic heterocycles. The van der Waals surface area contributed by atoms with Crippen LogP contribution in [-0.4, -0.2) is 61.5 Å². The molecule has 1 aliphatic heterocycles. The van der Waals surface area contributed by atoms with Gasteiger partial charge < -0.3 is 5.32 Å². The van der Waals surface area contributed by atoms with Crippen LogP contribution >= 0.6 is 15.9 Å². The van der Waals surface area contributed by atoms with Crippen LogP contribution in [0.15, 0.2) is 50.7 Å². The van der Waals surface area contributed by atoms with Gasteiger partial charge in [0.1, 0.15) is 0 Å². The third-order valence-electron chi connectivity index (χ3n) is 4.65. The number of halogens is 1. The molecular formula is C18H29BrN6. The summed E-state index contributed by atoms with van der Waals surface area (Å²) >= 11 is 3.63. The Morgan fingerprint density at radius 2 is 1.96 bits per heavy atom. The van der Waals surface area contributed by atoms with Gasteiger partial charge >= 0.3 is 0 Å². The van der Waals surface area contributed by atoms with E-state index in [4.69, 9.17) is 0 Å². The van der Waals surface area contributed by atoms with Crippen LogP contribution in [0.1, 0.15) is 20.3 Å². The second-order valence-electron chi connectivity index (χ2n) is 6.89. The average molecular weight is 409 g/mol. The lowest BCUT2D eigenvalue weighted by Gasteiger charge is -2.37. The summed E-state index contributed by atoms with van der Waals surface area (Å²) in [6.45, 7) is 5.07. The number of hydrogen-bond acceptors (Lipinski definition) is 6. The van der Waals surface area contributed by atoms with Gasteiger partial charge in [0.05, 0.1) is 0 Å². The Bertz CT molecular complexity index is 644. The molecule has 0 saturated carbocycles. The van der Waals surface area contributed by atoms with Gasteiger partial charge in [-0.2, -0.15) is 0 Å². The highest BCUT2D eigenvalue weighted by molar-refractivity contribution is 9.10. The molecule has 1 aromatic rings. The quantitative estimate of drug-likeness (QED) is 0.603. The fraction of sp³-hybridized carbons (Fsp3) is 0.556. The zero-order valence-electron chi connectivity index (χ0n) is 16.0. The first-order chi connectivity index (χ1) is 11.7. The predicted molar refractivity (Wildman–Crippen MR) is 107 cm³/mol. The van der Waals surface area contributed by atoms with E-state index in [1.54, 1.807) is 0 Å². The molecule has 0 fully saturated rings. The van der Waals surface area contributed by atoms with Crippen molar-refractivity contribution < 1.29 is 0 Å². The minimum atomic E-state index is -0.542. The molecule has 138 valence electrons. The first-order valence-electron chi connectivity index (χ1n) is 8.48. The Morgan fingerprint density at radius 3 is 2.60 bits per heavy atom. The molecule has 0 aliphatic carbocycles. The second-order valence-corrected chi connectivity index (χ2v) is 7.74. The predicted octanol–water partition coefficient (Wildman–Crippen LogP) is 4.00. The van der Waals surface area contributed by atoms with Crippen LogP contribution in [0.25, 0.3) is 0 Å². The summed E-state index contributed by atoms with van der Waals surface area (Å²) in [6, 6.07) is 8.42. The summed E-state index contributed by atoms with van der Waals surface area (Å²) in [5, 5.41) is 18.7. The van der Waals surface area contributed by atoms with Crippen LogP contribution < -0.4 is 5.32 Å². The van der Waals surface area contributed by atoms with Crippen molar-refractivity contribution in [2.24, 2.45) is 10.3 Å². The number of nitrogens with zero attached hydrogens (tertiary/aromatic N) is 5. The molecule has 1 N–H and O–H groups in total. The van der Waals surface area contributed by atoms with E-state index in [1.165, 1.54) is 5.57 Å².